The van der Waals surface area contributed by atoms with E-state index in [-0.39, 0.29) is 6.04 Å². The van der Waals surface area contributed by atoms with Crippen LogP contribution in [0.2, 0.25) is 0 Å². The molecule has 0 aliphatic rings. The first-order chi connectivity index (χ1) is 10.4. The fourth-order valence-corrected chi connectivity index (χ4v) is 2.38. The van der Waals surface area contributed by atoms with Gasteiger partial charge in [-0.1, -0.05) is 0 Å². The van der Waals surface area contributed by atoms with E-state index in [0.29, 0.717) is 11.7 Å². The maximum atomic E-state index is 5.29. The highest BCUT2D eigenvalue weighted by atomic mass is 16.5. The van der Waals surface area contributed by atoms with Crippen molar-refractivity contribution in [2.45, 2.75) is 19.9 Å². The number of ether oxygens (including phenoxy) is 1. The number of nitrogens with one attached hydrogen (secondary N) is 1. The summed E-state index contributed by atoms with van der Waals surface area (Å²) in [7, 11) is 7.65. The molecule has 0 saturated heterocycles. The third kappa shape index (κ3) is 3.54. The van der Waals surface area contributed by atoms with Crippen LogP contribution in [0.5, 0.6) is 5.88 Å². The average molecular weight is 304 g/mol. The Hall–Kier alpha value is -2.15. The predicted molar refractivity (Wildman–Crippen MR) is 86.2 cm³/mol. The molecular weight excluding hydrogens is 280 g/mol. The van der Waals surface area contributed by atoms with Crippen molar-refractivity contribution in [2.75, 3.05) is 33.1 Å². The molecule has 0 unspecified atom stereocenters. The zero-order valence-electron chi connectivity index (χ0n) is 14.1. The highest BCUT2D eigenvalue weighted by Gasteiger charge is 2.17. The van der Waals surface area contributed by atoms with Crippen molar-refractivity contribution in [3.63, 3.8) is 0 Å². The van der Waals surface area contributed by atoms with Crippen molar-refractivity contribution in [3.05, 3.63) is 29.3 Å². The minimum Gasteiger partial charge on any atom is -0.481 e. The van der Waals surface area contributed by atoms with Crippen LogP contribution in [0.4, 0.5) is 5.82 Å². The van der Waals surface area contributed by atoms with Gasteiger partial charge in [0, 0.05) is 25.4 Å². The van der Waals surface area contributed by atoms with E-state index < -0.39 is 0 Å². The van der Waals surface area contributed by atoms with E-state index >= 15 is 0 Å². The van der Waals surface area contributed by atoms with Crippen LogP contribution >= 0.6 is 0 Å². The Kier molecular flexibility index (Phi) is 4.97. The van der Waals surface area contributed by atoms with E-state index in [9.17, 15) is 0 Å². The monoisotopic (exact) mass is 304 g/mol. The lowest BCUT2D eigenvalue weighted by Crippen LogP contribution is -2.27. The maximum Gasteiger partial charge on any atom is 0.221 e. The van der Waals surface area contributed by atoms with Crippen molar-refractivity contribution in [1.82, 2.24) is 24.6 Å². The molecule has 7 nitrogen and oxygen atoms in total. The van der Waals surface area contributed by atoms with E-state index in [2.05, 4.69) is 39.4 Å². The summed E-state index contributed by atoms with van der Waals surface area (Å²) in [6.45, 7) is 4.53. The number of hydrogen-bond donors (Lipinski definition) is 1. The summed E-state index contributed by atoms with van der Waals surface area (Å²) >= 11 is 0. The molecule has 0 saturated carbocycles. The van der Waals surface area contributed by atoms with Gasteiger partial charge in [-0.05, 0) is 27.9 Å². The maximum absolute atomic E-state index is 5.29. The molecule has 0 aromatic carbocycles. The van der Waals surface area contributed by atoms with Crippen molar-refractivity contribution in [2.24, 2.45) is 7.05 Å². The lowest BCUT2D eigenvalue weighted by molar-refractivity contribution is 0.311. The normalized spacial score (nSPS) is 12.5. The van der Waals surface area contributed by atoms with Crippen molar-refractivity contribution >= 4 is 5.82 Å². The summed E-state index contributed by atoms with van der Waals surface area (Å²) in [5, 5.41) is 7.66. The van der Waals surface area contributed by atoms with Crippen LogP contribution in [-0.2, 0) is 7.05 Å². The lowest BCUT2D eigenvalue weighted by atomic mass is 10.1. The second-order valence-corrected chi connectivity index (χ2v) is 5.56. The molecule has 2 aromatic rings. The fraction of sp³-hybridized carbons (Fsp3) is 0.533. The van der Waals surface area contributed by atoms with Crippen LogP contribution < -0.4 is 10.1 Å². The molecule has 0 spiro atoms. The van der Waals surface area contributed by atoms with E-state index in [1.54, 1.807) is 7.11 Å². The molecule has 0 radical (unpaired) electrons. The van der Waals surface area contributed by atoms with Gasteiger partial charge in [-0.2, -0.15) is 10.1 Å². The summed E-state index contributed by atoms with van der Waals surface area (Å²) in [5.74, 6) is 2.10. The first-order valence-corrected chi connectivity index (χ1v) is 7.20. The highest BCUT2D eigenvalue weighted by molar-refractivity contribution is 5.48. The molecule has 7 heteroatoms. The van der Waals surface area contributed by atoms with Gasteiger partial charge in [0.1, 0.15) is 11.6 Å². The van der Waals surface area contributed by atoms with Gasteiger partial charge in [-0.25, -0.2) is 4.98 Å². The van der Waals surface area contributed by atoms with E-state index in [0.717, 1.165) is 23.5 Å². The van der Waals surface area contributed by atoms with Crippen molar-refractivity contribution in [1.29, 1.82) is 0 Å². The van der Waals surface area contributed by atoms with Gasteiger partial charge in [0.25, 0.3) is 0 Å². The van der Waals surface area contributed by atoms with Gasteiger partial charge in [0.2, 0.25) is 5.88 Å². The molecule has 22 heavy (non-hydrogen) atoms. The van der Waals surface area contributed by atoms with E-state index in [1.165, 1.54) is 0 Å². The van der Waals surface area contributed by atoms with Gasteiger partial charge in [0.15, 0.2) is 0 Å². The molecule has 2 aromatic heterocycles. The van der Waals surface area contributed by atoms with Crippen LogP contribution in [0.1, 0.15) is 23.0 Å². The van der Waals surface area contributed by atoms with Gasteiger partial charge in [-0.15, -0.1) is 0 Å². The van der Waals surface area contributed by atoms with Crippen LogP contribution in [0, 0.1) is 13.8 Å². The predicted octanol–water partition coefficient (Wildman–Crippen LogP) is 1.55. The van der Waals surface area contributed by atoms with E-state index in [1.807, 2.05) is 38.0 Å². The number of aromatic nitrogens is 4. The third-order valence-corrected chi connectivity index (χ3v) is 3.60. The van der Waals surface area contributed by atoms with Gasteiger partial charge < -0.3 is 15.0 Å². The molecule has 0 bridgehead atoms. The largest absolute Gasteiger partial charge is 0.481 e. The Morgan fingerprint density at radius 3 is 2.59 bits per heavy atom. The number of aryl methyl sites for hydroxylation is 2. The molecule has 0 aliphatic heterocycles. The standard InChI is InChI=1S/C15H24N6O/c1-10-14(18-11(2)19-15(10)22-6)16-8-13(20(3)4)12-7-17-21(5)9-12/h7,9,13H,8H2,1-6H3,(H,16,18,19)/t13-/m0/s1. The Balaban J connectivity index is 2.18. The fourth-order valence-electron chi connectivity index (χ4n) is 2.38. The van der Waals surface area contributed by atoms with Gasteiger partial charge >= 0.3 is 0 Å². The summed E-state index contributed by atoms with van der Waals surface area (Å²) in [4.78, 5) is 10.9. The number of likely N-dealkylation sites (N-methyl/N-ethyl adjacent to an activating group) is 1. The summed E-state index contributed by atoms with van der Waals surface area (Å²) in [6, 6.07) is 0.203. The molecule has 2 heterocycles. The van der Waals surface area contributed by atoms with Crippen LogP contribution in [0.15, 0.2) is 12.4 Å². The first-order valence-electron chi connectivity index (χ1n) is 7.20. The summed E-state index contributed by atoms with van der Waals surface area (Å²) in [5.41, 5.74) is 2.08. The number of anilines is 1. The SMILES string of the molecule is COc1nc(C)nc(NC[C@@H](c2cnn(C)c2)N(C)C)c1C. The zero-order chi connectivity index (χ0) is 16.3. The smallest absolute Gasteiger partial charge is 0.221 e. The number of methoxy groups -OCH3 is 1. The van der Waals surface area contributed by atoms with Crippen LogP contribution in [0.3, 0.4) is 0 Å². The molecular formula is C15H24N6O. The highest BCUT2D eigenvalue weighted by Crippen LogP contribution is 2.23. The Morgan fingerprint density at radius 2 is 2.05 bits per heavy atom. The molecule has 0 fully saturated rings. The molecule has 1 atom stereocenters. The second kappa shape index (κ2) is 6.74. The minimum atomic E-state index is 0.203. The lowest BCUT2D eigenvalue weighted by Gasteiger charge is -2.24. The minimum absolute atomic E-state index is 0.203. The molecule has 2 rings (SSSR count). The van der Waals surface area contributed by atoms with Gasteiger partial charge in [-0.3, -0.25) is 4.68 Å². The Bertz CT molecular complexity index is 637. The topological polar surface area (TPSA) is 68.1 Å². The molecule has 1 N–H and O–H groups in total. The number of hydrogen-bond acceptors (Lipinski definition) is 6. The number of rotatable bonds is 6. The molecule has 120 valence electrons. The third-order valence-electron chi connectivity index (χ3n) is 3.60. The van der Waals surface area contributed by atoms with E-state index in [4.69, 9.17) is 4.74 Å². The van der Waals surface area contributed by atoms with Crippen molar-refractivity contribution in [3.8, 4) is 5.88 Å². The molecule has 0 amide bonds. The Labute approximate surface area is 131 Å². The van der Waals surface area contributed by atoms with Crippen molar-refractivity contribution < 1.29 is 4.74 Å². The number of nitrogens with zero attached hydrogens (tertiary/aromatic N) is 5. The van der Waals surface area contributed by atoms with Crippen LogP contribution in [-0.4, -0.2) is 52.4 Å². The van der Waals surface area contributed by atoms with Gasteiger partial charge in [0.05, 0.1) is 24.9 Å². The first kappa shape index (κ1) is 16.2. The average Bonchev–Trinajstić information content (AvgIpc) is 2.88. The zero-order valence-corrected chi connectivity index (χ0v) is 14.1. The van der Waals surface area contributed by atoms with Crippen LogP contribution in [0.25, 0.3) is 0 Å². The second-order valence-electron chi connectivity index (χ2n) is 5.56. The summed E-state index contributed by atoms with van der Waals surface area (Å²) in [6.07, 6.45) is 3.93. The molecule has 0 aliphatic carbocycles. The quantitative estimate of drug-likeness (QED) is 0.873. The summed E-state index contributed by atoms with van der Waals surface area (Å²) < 4.78 is 7.11. The Morgan fingerprint density at radius 1 is 1.32 bits per heavy atom.